The van der Waals surface area contributed by atoms with Gasteiger partial charge in [0.1, 0.15) is 11.5 Å². The lowest BCUT2D eigenvalue weighted by Crippen LogP contribution is -2.13. The van der Waals surface area contributed by atoms with Gasteiger partial charge in [-0.3, -0.25) is 4.79 Å². The van der Waals surface area contributed by atoms with E-state index in [0.717, 1.165) is 6.07 Å². The number of ether oxygens (including phenoxy) is 1. The average molecular weight is 251 g/mol. The second kappa shape index (κ2) is 5.11. The molecule has 94 valence electrons. The van der Waals surface area contributed by atoms with Crippen molar-refractivity contribution in [1.82, 2.24) is 4.98 Å². The number of nitrogens with zero attached hydrogens (tertiary/aromatic N) is 1. The van der Waals surface area contributed by atoms with Crippen molar-refractivity contribution in [3.63, 3.8) is 0 Å². The molecule has 0 saturated heterocycles. The maximum absolute atomic E-state index is 12.9. The van der Waals surface area contributed by atoms with E-state index in [2.05, 4.69) is 9.72 Å². The van der Waals surface area contributed by atoms with E-state index in [9.17, 15) is 22.4 Å². The van der Waals surface area contributed by atoms with Crippen molar-refractivity contribution in [3.05, 3.63) is 29.3 Å². The first-order valence-corrected chi connectivity index (χ1v) is 4.72. The fraction of sp³-hybridized carbons (Fsp3) is 0.400. The quantitative estimate of drug-likeness (QED) is 0.611. The maximum Gasteiger partial charge on any atom is 0.433 e. The van der Waals surface area contributed by atoms with Gasteiger partial charge in [0.15, 0.2) is 0 Å². The molecular formula is C10H9F4NO2. The van der Waals surface area contributed by atoms with Crippen LogP contribution in [0.4, 0.5) is 17.6 Å². The highest BCUT2D eigenvalue weighted by molar-refractivity contribution is 5.71. The molecule has 1 aromatic rings. The molecule has 7 heteroatoms. The molecule has 0 amide bonds. The molecule has 0 bridgehead atoms. The van der Waals surface area contributed by atoms with Gasteiger partial charge in [-0.15, -0.1) is 0 Å². The van der Waals surface area contributed by atoms with E-state index in [1.54, 1.807) is 6.92 Å². The highest BCUT2D eigenvalue weighted by atomic mass is 19.4. The predicted octanol–water partition coefficient (Wildman–Crippen LogP) is 2.35. The Bertz CT molecular complexity index is 417. The molecule has 1 heterocycles. The highest BCUT2D eigenvalue weighted by Crippen LogP contribution is 2.28. The average Bonchev–Trinajstić information content (AvgIpc) is 2.15. The Morgan fingerprint density at radius 1 is 1.41 bits per heavy atom. The van der Waals surface area contributed by atoms with Crippen LogP contribution >= 0.6 is 0 Å². The molecule has 0 spiro atoms. The van der Waals surface area contributed by atoms with Crippen LogP contribution < -0.4 is 0 Å². The van der Waals surface area contributed by atoms with Gasteiger partial charge in [-0.05, 0) is 13.0 Å². The standard InChI is InChI=1S/C10H9F4NO2/c1-2-17-9(16)5-7-3-6(11)4-8(15-7)10(12,13)14/h3-4H,2,5H2,1H3. The molecule has 0 aromatic carbocycles. The van der Waals surface area contributed by atoms with E-state index < -0.39 is 30.1 Å². The molecule has 0 aliphatic carbocycles. The topological polar surface area (TPSA) is 39.2 Å². The Hall–Kier alpha value is -1.66. The lowest BCUT2D eigenvalue weighted by Gasteiger charge is -2.08. The zero-order valence-corrected chi connectivity index (χ0v) is 8.84. The van der Waals surface area contributed by atoms with Gasteiger partial charge in [-0.2, -0.15) is 13.2 Å². The molecule has 0 fully saturated rings. The van der Waals surface area contributed by atoms with Crippen molar-refractivity contribution < 1.29 is 27.1 Å². The third kappa shape index (κ3) is 4.01. The van der Waals surface area contributed by atoms with Gasteiger partial charge in [0.25, 0.3) is 0 Å². The fourth-order valence-electron chi connectivity index (χ4n) is 1.15. The number of carbonyl (C=O) groups excluding carboxylic acids is 1. The van der Waals surface area contributed by atoms with Crippen LogP contribution in [0.5, 0.6) is 0 Å². The zero-order valence-electron chi connectivity index (χ0n) is 8.84. The Morgan fingerprint density at radius 3 is 2.59 bits per heavy atom. The van der Waals surface area contributed by atoms with Gasteiger partial charge in [0.05, 0.1) is 18.7 Å². The lowest BCUT2D eigenvalue weighted by molar-refractivity contribution is -0.144. The molecule has 0 saturated carbocycles. The first-order valence-electron chi connectivity index (χ1n) is 4.72. The molecule has 0 aliphatic heterocycles. The van der Waals surface area contributed by atoms with Crippen molar-refractivity contribution in [2.45, 2.75) is 19.5 Å². The van der Waals surface area contributed by atoms with Crippen LogP contribution in [0.2, 0.25) is 0 Å². The summed E-state index contributed by atoms with van der Waals surface area (Å²) < 4.78 is 54.3. The predicted molar refractivity (Wildman–Crippen MR) is 49.5 cm³/mol. The summed E-state index contributed by atoms with van der Waals surface area (Å²) in [5, 5.41) is 0. The summed E-state index contributed by atoms with van der Waals surface area (Å²) in [4.78, 5) is 14.2. The minimum Gasteiger partial charge on any atom is -0.466 e. The van der Waals surface area contributed by atoms with Gasteiger partial charge in [-0.1, -0.05) is 0 Å². The number of pyridine rings is 1. The van der Waals surface area contributed by atoms with E-state index >= 15 is 0 Å². The van der Waals surface area contributed by atoms with Gasteiger partial charge in [0, 0.05) is 6.07 Å². The summed E-state index contributed by atoms with van der Waals surface area (Å²) in [6.07, 6.45) is -5.24. The Morgan fingerprint density at radius 2 is 2.06 bits per heavy atom. The first-order chi connectivity index (χ1) is 7.82. The third-order valence-corrected chi connectivity index (χ3v) is 1.76. The van der Waals surface area contributed by atoms with Crippen LogP contribution in [-0.4, -0.2) is 17.6 Å². The largest absolute Gasteiger partial charge is 0.466 e. The molecule has 1 aromatic heterocycles. The number of aromatic nitrogens is 1. The Labute approximate surface area is 94.4 Å². The van der Waals surface area contributed by atoms with Crippen LogP contribution in [0.3, 0.4) is 0 Å². The minimum atomic E-state index is -4.74. The summed E-state index contributed by atoms with van der Waals surface area (Å²) in [5.41, 5.74) is -1.67. The Balaban J connectivity index is 2.94. The third-order valence-electron chi connectivity index (χ3n) is 1.76. The van der Waals surface area contributed by atoms with E-state index in [-0.39, 0.29) is 18.4 Å². The van der Waals surface area contributed by atoms with Crippen molar-refractivity contribution in [3.8, 4) is 0 Å². The number of hydrogen-bond donors (Lipinski definition) is 0. The van der Waals surface area contributed by atoms with Gasteiger partial charge < -0.3 is 4.74 Å². The summed E-state index contributed by atoms with van der Waals surface area (Å²) in [7, 11) is 0. The molecule has 17 heavy (non-hydrogen) atoms. The minimum absolute atomic E-state index is 0.0975. The second-order valence-electron chi connectivity index (χ2n) is 3.14. The number of halogens is 4. The van der Waals surface area contributed by atoms with E-state index in [4.69, 9.17) is 0 Å². The summed E-state index contributed by atoms with van der Waals surface area (Å²) >= 11 is 0. The van der Waals surface area contributed by atoms with Crippen LogP contribution in [0.25, 0.3) is 0 Å². The summed E-state index contributed by atoms with van der Waals surface area (Å²) in [6.45, 7) is 1.65. The van der Waals surface area contributed by atoms with Crippen molar-refractivity contribution >= 4 is 5.97 Å². The molecule has 0 unspecified atom stereocenters. The molecule has 0 aliphatic rings. The fourth-order valence-corrected chi connectivity index (χ4v) is 1.15. The first kappa shape index (κ1) is 13.4. The molecule has 0 N–H and O–H groups in total. The molecule has 1 rings (SSSR count). The molecule has 0 atom stereocenters. The maximum atomic E-state index is 12.9. The molecule has 3 nitrogen and oxygen atoms in total. The lowest BCUT2D eigenvalue weighted by atomic mass is 10.2. The summed E-state index contributed by atoms with van der Waals surface area (Å²) in [6, 6.07) is 1.04. The van der Waals surface area contributed by atoms with E-state index in [0.29, 0.717) is 0 Å². The second-order valence-corrected chi connectivity index (χ2v) is 3.14. The smallest absolute Gasteiger partial charge is 0.433 e. The number of carbonyl (C=O) groups is 1. The van der Waals surface area contributed by atoms with E-state index in [1.165, 1.54) is 0 Å². The SMILES string of the molecule is CCOC(=O)Cc1cc(F)cc(C(F)(F)F)n1. The van der Waals surface area contributed by atoms with Crippen molar-refractivity contribution in [1.29, 1.82) is 0 Å². The highest BCUT2D eigenvalue weighted by Gasteiger charge is 2.33. The van der Waals surface area contributed by atoms with Crippen LogP contribution in [0, 0.1) is 5.82 Å². The van der Waals surface area contributed by atoms with Crippen LogP contribution in [-0.2, 0) is 22.1 Å². The monoisotopic (exact) mass is 251 g/mol. The Kier molecular flexibility index (Phi) is 4.03. The normalized spacial score (nSPS) is 11.4. The van der Waals surface area contributed by atoms with Gasteiger partial charge in [-0.25, -0.2) is 9.37 Å². The van der Waals surface area contributed by atoms with E-state index in [1.807, 2.05) is 0 Å². The number of hydrogen-bond acceptors (Lipinski definition) is 3. The number of rotatable bonds is 3. The number of esters is 1. The van der Waals surface area contributed by atoms with Crippen molar-refractivity contribution in [2.24, 2.45) is 0 Å². The van der Waals surface area contributed by atoms with Crippen molar-refractivity contribution in [2.75, 3.05) is 6.61 Å². The van der Waals surface area contributed by atoms with Crippen LogP contribution in [0.15, 0.2) is 12.1 Å². The molecular weight excluding hydrogens is 242 g/mol. The number of alkyl halides is 3. The van der Waals surface area contributed by atoms with Gasteiger partial charge in [0.2, 0.25) is 0 Å². The van der Waals surface area contributed by atoms with Crippen LogP contribution in [0.1, 0.15) is 18.3 Å². The zero-order chi connectivity index (χ0) is 13.1. The molecule has 0 radical (unpaired) electrons. The van der Waals surface area contributed by atoms with Gasteiger partial charge >= 0.3 is 12.1 Å². The summed E-state index contributed by atoms with van der Waals surface area (Å²) in [5.74, 6) is -1.84.